The highest BCUT2D eigenvalue weighted by Crippen LogP contribution is 2.20. The Hall–Kier alpha value is -0.800. The highest BCUT2D eigenvalue weighted by Gasteiger charge is 2.10. The fraction of sp³-hybridized carbons (Fsp3) is 0.385. The van der Waals surface area contributed by atoms with Gasteiger partial charge < -0.3 is 5.73 Å². The van der Waals surface area contributed by atoms with Gasteiger partial charge in [0.25, 0.3) is 0 Å². The fourth-order valence-corrected chi connectivity index (χ4v) is 1.93. The lowest BCUT2D eigenvalue weighted by Crippen LogP contribution is -2.30. The van der Waals surface area contributed by atoms with Gasteiger partial charge >= 0.3 is 0 Å². The van der Waals surface area contributed by atoms with Crippen LogP contribution in [0.4, 0.5) is 5.69 Å². The van der Waals surface area contributed by atoms with Crippen molar-refractivity contribution < 1.29 is 0 Å². The van der Waals surface area contributed by atoms with Crippen molar-refractivity contribution in [2.75, 3.05) is 12.3 Å². The Bertz CT molecular complexity index is 361. The van der Waals surface area contributed by atoms with Crippen molar-refractivity contribution in [3.8, 4) is 0 Å². The van der Waals surface area contributed by atoms with Crippen LogP contribution in [-0.2, 0) is 6.54 Å². The van der Waals surface area contributed by atoms with Gasteiger partial charge in [-0.2, -0.15) is 0 Å². The Morgan fingerprint density at radius 1 is 1.50 bits per heavy atom. The Kier molecular flexibility index (Phi) is 5.03. The van der Waals surface area contributed by atoms with Gasteiger partial charge in [0.1, 0.15) is 0 Å². The third-order valence-electron chi connectivity index (χ3n) is 2.58. The molecule has 0 bridgehead atoms. The van der Waals surface area contributed by atoms with Gasteiger partial charge in [-0.3, -0.25) is 4.90 Å². The molecule has 0 saturated carbocycles. The van der Waals surface area contributed by atoms with E-state index < -0.39 is 0 Å². The van der Waals surface area contributed by atoms with Gasteiger partial charge in [-0.25, -0.2) is 0 Å². The summed E-state index contributed by atoms with van der Waals surface area (Å²) >= 11 is 3.41. The molecule has 0 aliphatic carbocycles. The molecule has 0 saturated heterocycles. The summed E-state index contributed by atoms with van der Waals surface area (Å²) < 4.78 is 1.02. The Balaban J connectivity index is 2.80. The lowest BCUT2D eigenvalue weighted by molar-refractivity contribution is 0.238. The number of nitrogens with two attached hydrogens (primary N) is 1. The van der Waals surface area contributed by atoms with Crippen molar-refractivity contribution in [2.24, 2.45) is 0 Å². The molecule has 0 spiro atoms. The molecule has 16 heavy (non-hydrogen) atoms. The second-order valence-electron chi connectivity index (χ2n) is 4.16. The van der Waals surface area contributed by atoms with E-state index in [1.54, 1.807) is 0 Å². The van der Waals surface area contributed by atoms with Gasteiger partial charge in [0.05, 0.1) is 0 Å². The maximum Gasteiger partial charge on any atom is 0.0371 e. The quantitative estimate of drug-likeness (QED) is 0.662. The summed E-state index contributed by atoms with van der Waals surface area (Å²) in [5.74, 6) is 0. The minimum atomic E-state index is 0.487. The summed E-state index contributed by atoms with van der Waals surface area (Å²) in [6.07, 6.45) is 1.93. The Labute approximate surface area is 106 Å². The summed E-state index contributed by atoms with van der Waals surface area (Å²) in [7, 11) is 0. The van der Waals surface area contributed by atoms with Crippen LogP contribution in [0.15, 0.2) is 35.3 Å². The predicted octanol–water partition coefficient (Wildman–Crippen LogP) is 3.43. The molecule has 1 rings (SSSR count). The zero-order valence-electron chi connectivity index (χ0n) is 9.91. The molecule has 0 amide bonds. The molecule has 3 heteroatoms. The fourth-order valence-electron chi connectivity index (χ4n) is 1.55. The molecule has 0 aliphatic rings. The number of benzene rings is 1. The van der Waals surface area contributed by atoms with E-state index in [0.717, 1.165) is 23.2 Å². The first-order valence-corrected chi connectivity index (χ1v) is 6.22. The zero-order chi connectivity index (χ0) is 12.1. The van der Waals surface area contributed by atoms with E-state index in [0.29, 0.717) is 6.04 Å². The molecule has 88 valence electrons. The van der Waals surface area contributed by atoms with Crippen molar-refractivity contribution in [3.63, 3.8) is 0 Å². The van der Waals surface area contributed by atoms with Crippen LogP contribution in [0.2, 0.25) is 0 Å². The van der Waals surface area contributed by atoms with Crippen molar-refractivity contribution >= 4 is 21.6 Å². The molecule has 2 N–H and O–H groups in total. The first-order valence-electron chi connectivity index (χ1n) is 5.43. The van der Waals surface area contributed by atoms with E-state index >= 15 is 0 Å². The minimum absolute atomic E-state index is 0.487. The maximum absolute atomic E-state index is 5.98. The number of anilines is 1. The highest BCUT2D eigenvalue weighted by molar-refractivity contribution is 9.10. The second-order valence-corrected chi connectivity index (χ2v) is 5.07. The van der Waals surface area contributed by atoms with E-state index in [2.05, 4.69) is 47.3 Å². The smallest absolute Gasteiger partial charge is 0.0371 e. The van der Waals surface area contributed by atoms with Crippen LogP contribution in [0, 0.1) is 0 Å². The molecular weight excluding hydrogens is 264 g/mol. The average Bonchev–Trinajstić information content (AvgIpc) is 2.20. The lowest BCUT2D eigenvalue weighted by atomic mass is 10.1. The van der Waals surface area contributed by atoms with Gasteiger partial charge in [-0.1, -0.05) is 28.1 Å². The van der Waals surface area contributed by atoms with Crippen molar-refractivity contribution in [1.29, 1.82) is 0 Å². The van der Waals surface area contributed by atoms with E-state index in [4.69, 9.17) is 5.73 Å². The Morgan fingerprint density at radius 3 is 2.69 bits per heavy atom. The van der Waals surface area contributed by atoms with Crippen LogP contribution >= 0.6 is 15.9 Å². The molecule has 2 nitrogen and oxygen atoms in total. The average molecular weight is 283 g/mol. The van der Waals surface area contributed by atoms with Gasteiger partial charge in [-0.05, 0) is 31.5 Å². The normalized spacial score (nSPS) is 11.1. The number of nitrogen functional groups attached to an aromatic ring is 1. The molecule has 0 aliphatic heterocycles. The summed E-state index contributed by atoms with van der Waals surface area (Å²) in [5, 5.41) is 0. The number of hydrogen-bond acceptors (Lipinski definition) is 2. The zero-order valence-corrected chi connectivity index (χ0v) is 11.5. The number of rotatable bonds is 5. The monoisotopic (exact) mass is 282 g/mol. The Morgan fingerprint density at radius 2 is 2.19 bits per heavy atom. The first-order chi connectivity index (χ1) is 7.54. The molecule has 0 fully saturated rings. The molecule has 1 aromatic carbocycles. The van der Waals surface area contributed by atoms with Gasteiger partial charge in [0.15, 0.2) is 0 Å². The summed E-state index contributed by atoms with van der Waals surface area (Å²) in [4.78, 5) is 2.33. The first kappa shape index (κ1) is 13.3. The van der Waals surface area contributed by atoms with Gasteiger partial charge in [0.2, 0.25) is 0 Å². The van der Waals surface area contributed by atoms with Crippen LogP contribution in [-0.4, -0.2) is 17.5 Å². The molecule has 0 aromatic heterocycles. The van der Waals surface area contributed by atoms with Crippen LogP contribution in [0.5, 0.6) is 0 Å². The SMILES string of the molecule is C=CCN(Cc1ccc(Br)cc1N)C(C)C. The standard InChI is InChI=1S/C13H19BrN2/c1-4-7-16(10(2)3)9-11-5-6-12(14)8-13(11)15/h4-6,8,10H,1,7,9,15H2,2-3H3. The van der Waals surface area contributed by atoms with Crippen LogP contribution in [0.25, 0.3) is 0 Å². The van der Waals surface area contributed by atoms with Crippen LogP contribution in [0.3, 0.4) is 0 Å². The largest absolute Gasteiger partial charge is 0.398 e. The van der Waals surface area contributed by atoms with Crippen molar-refractivity contribution in [1.82, 2.24) is 4.90 Å². The minimum Gasteiger partial charge on any atom is -0.398 e. The molecule has 1 aromatic rings. The van der Waals surface area contributed by atoms with Gasteiger partial charge in [0, 0.05) is 29.3 Å². The number of halogens is 1. The van der Waals surface area contributed by atoms with E-state index in [1.807, 2.05) is 18.2 Å². The van der Waals surface area contributed by atoms with Gasteiger partial charge in [-0.15, -0.1) is 6.58 Å². The molecular formula is C13H19BrN2. The third kappa shape index (κ3) is 3.65. The molecule has 0 heterocycles. The van der Waals surface area contributed by atoms with Crippen molar-refractivity contribution in [3.05, 3.63) is 40.9 Å². The topological polar surface area (TPSA) is 29.3 Å². The lowest BCUT2D eigenvalue weighted by Gasteiger charge is -2.25. The van der Waals surface area contributed by atoms with E-state index in [-0.39, 0.29) is 0 Å². The summed E-state index contributed by atoms with van der Waals surface area (Å²) in [6, 6.07) is 6.53. The van der Waals surface area contributed by atoms with Crippen molar-refractivity contribution in [2.45, 2.75) is 26.4 Å². The molecule has 0 radical (unpaired) electrons. The maximum atomic E-state index is 5.98. The second kappa shape index (κ2) is 6.06. The molecule has 0 unspecified atom stereocenters. The van der Waals surface area contributed by atoms with E-state index in [1.165, 1.54) is 5.56 Å². The third-order valence-corrected chi connectivity index (χ3v) is 3.07. The van der Waals surface area contributed by atoms with E-state index in [9.17, 15) is 0 Å². The van der Waals surface area contributed by atoms with Crippen LogP contribution < -0.4 is 5.73 Å². The van der Waals surface area contributed by atoms with Crippen LogP contribution in [0.1, 0.15) is 19.4 Å². The summed E-state index contributed by atoms with van der Waals surface area (Å²) in [5.41, 5.74) is 7.99. The molecule has 0 atom stereocenters. The summed E-state index contributed by atoms with van der Waals surface area (Å²) in [6.45, 7) is 9.88. The number of nitrogens with zero attached hydrogens (tertiary/aromatic N) is 1. The predicted molar refractivity (Wildman–Crippen MR) is 74.3 cm³/mol. The number of hydrogen-bond donors (Lipinski definition) is 1. The highest BCUT2D eigenvalue weighted by atomic mass is 79.9.